The number of carbonyl (C=O) groups is 3. The molecule has 29 heavy (non-hydrogen) atoms. The van der Waals surface area contributed by atoms with Crippen molar-refractivity contribution >= 4 is 17.7 Å². The minimum Gasteiger partial charge on any atom is -0.322 e. The molecule has 0 saturated carbocycles. The van der Waals surface area contributed by atoms with Crippen molar-refractivity contribution in [1.82, 2.24) is 20.4 Å². The van der Waals surface area contributed by atoms with E-state index in [9.17, 15) is 14.4 Å². The van der Waals surface area contributed by atoms with Gasteiger partial charge in [-0.05, 0) is 30.0 Å². The van der Waals surface area contributed by atoms with E-state index >= 15 is 0 Å². The van der Waals surface area contributed by atoms with Crippen LogP contribution in [0.2, 0.25) is 0 Å². The van der Waals surface area contributed by atoms with E-state index in [0.717, 1.165) is 31.7 Å². The molecule has 2 fully saturated rings. The largest absolute Gasteiger partial charge is 0.322 e. The van der Waals surface area contributed by atoms with E-state index < -0.39 is 6.04 Å². The lowest BCUT2D eigenvalue weighted by molar-refractivity contribution is -0.136. The summed E-state index contributed by atoms with van der Waals surface area (Å²) in [7, 11) is 0. The van der Waals surface area contributed by atoms with Crippen molar-refractivity contribution in [2.24, 2.45) is 0 Å². The van der Waals surface area contributed by atoms with E-state index in [2.05, 4.69) is 28.5 Å². The second kappa shape index (κ2) is 8.63. The summed E-state index contributed by atoms with van der Waals surface area (Å²) in [6, 6.07) is 5.87. The molecule has 3 amide bonds. The number of piperazine rings is 1. The average molecular weight is 399 g/mol. The Kier molecular flexibility index (Phi) is 5.96. The molecule has 4 rings (SSSR count). The van der Waals surface area contributed by atoms with Gasteiger partial charge in [-0.15, -0.1) is 0 Å². The van der Waals surface area contributed by atoms with Crippen LogP contribution >= 0.6 is 0 Å². The number of fused-ring (bicyclic) bond motifs is 1. The topological polar surface area (TPSA) is 81.8 Å². The molecule has 0 bridgehead atoms. The molecule has 2 saturated heterocycles. The molecule has 1 aromatic carbocycles. The predicted octanol–water partition coefficient (Wildman–Crippen LogP) is 1.41. The van der Waals surface area contributed by atoms with Crippen LogP contribution in [0, 0.1) is 0 Å². The minimum absolute atomic E-state index is 0.0996. The summed E-state index contributed by atoms with van der Waals surface area (Å²) in [5, 5.41) is 5.98. The highest BCUT2D eigenvalue weighted by molar-refractivity contribution is 6.05. The number of hydrogen-bond acceptors (Lipinski definition) is 5. The van der Waals surface area contributed by atoms with Crippen molar-refractivity contribution < 1.29 is 14.4 Å². The maximum atomic E-state index is 13.0. The van der Waals surface area contributed by atoms with Crippen molar-refractivity contribution in [1.29, 1.82) is 0 Å². The predicted molar refractivity (Wildman–Crippen MR) is 109 cm³/mol. The Morgan fingerprint density at radius 1 is 1.21 bits per heavy atom. The molecule has 7 heteroatoms. The van der Waals surface area contributed by atoms with Crippen molar-refractivity contribution in [3.63, 3.8) is 0 Å². The third-order valence-electron chi connectivity index (χ3n) is 6.32. The van der Waals surface area contributed by atoms with Gasteiger partial charge < -0.3 is 10.2 Å². The van der Waals surface area contributed by atoms with Crippen molar-refractivity contribution in [2.45, 2.75) is 64.2 Å². The Hall–Kier alpha value is -2.25. The fraction of sp³-hybridized carbons (Fsp3) is 0.591. The summed E-state index contributed by atoms with van der Waals surface area (Å²) >= 11 is 0. The number of hydrogen-bond donors (Lipinski definition) is 2. The quantitative estimate of drug-likeness (QED) is 0.708. The van der Waals surface area contributed by atoms with Crippen LogP contribution in [0.15, 0.2) is 18.2 Å². The monoisotopic (exact) mass is 398 g/mol. The number of carbonyl (C=O) groups excluding carboxylic acids is 3. The standard InChI is InChI=1S/C22H30N4O3/c1-2-3-6-16-13-25(11-10-23-16)12-15-5-4-7-17-18(15)14-26(22(17)29)19-8-9-20(27)24-21(19)28/h4-5,7,16,19,23H,2-3,6,8-14H2,1H3,(H,24,27,28)/t16-,19?/m0/s1. The van der Waals surface area contributed by atoms with Gasteiger partial charge in [0, 0.05) is 50.7 Å². The van der Waals surface area contributed by atoms with Crippen LogP contribution in [-0.4, -0.2) is 59.2 Å². The molecular weight excluding hydrogens is 368 g/mol. The molecule has 3 heterocycles. The highest BCUT2D eigenvalue weighted by atomic mass is 16.2. The SMILES string of the molecule is CCCC[C@H]1CN(Cc2cccc3c2CN(C2CCC(=O)NC2=O)C3=O)CCN1. The van der Waals surface area contributed by atoms with Crippen molar-refractivity contribution in [2.75, 3.05) is 19.6 Å². The molecule has 1 aromatic rings. The number of benzene rings is 1. The number of piperidine rings is 1. The molecule has 1 unspecified atom stereocenters. The number of nitrogens with one attached hydrogen (secondary N) is 2. The number of rotatable bonds is 6. The van der Waals surface area contributed by atoms with Crippen LogP contribution in [0.5, 0.6) is 0 Å². The lowest BCUT2D eigenvalue weighted by atomic mass is 10.0. The van der Waals surface area contributed by atoms with E-state index in [0.29, 0.717) is 24.6 Å². The van der Waals surface area contributed by atoms with Gasteiger partial charge in [0.05, 0.1) is 0 Å². The summed E-state index contributed by atoms with van der Waals surface area (Å²) in [6.45, 7) is 6.50. The zero-order valence-electron chi connectivity index (χ0n) is 17.1. The van der Waals surface area contributed by atoms with Gasteiger partial charge in [-0.25, -0.2) is 0 Å². The first-order valence-corrected chi connectivity index (χ1v) is 10.8. The van der Waals surface area contributed by atoms with Crippen LogP contribution in [0.3, 0.4) is 0 Å². The van der Waals surface area contributed by atoms with Crippen LogP contribution in [0.25, 0.3) is 0 Å². The smallest absolute Gasteiger partial charge is 0.255 e. The summed E-state index contributed by atoms with van der Waals surface area (Å²) < 4.78 is 0. The normalized spacial score (nSPS) is 25.3. The maximum Gasteiger partial charge on any atom is 0.255 e. The summed E-state index contributed by atoms with van der Waals surface area (Å²) in [5.74, 6) is -0.713. The van der Waals surface area contributed by atoms with Crippen molar-refractivity contribution in [3.8, 4) is 0 Å². The van der Waals surface area contributed by atoms with E-state index in [1.165, 1.54) is 24.8 Å². The van der Waals surface area contributed by atoms with Crippen LogP contribution in [-0.2, 0) is 22.7 Å². The number of nitrogens with zero attached hydrogens (tertiary/aromatic N) is 2. The fourth-order valence-electron chi connectivity index (χ4n) is 4.72. The van der Waals surface area contributed by atoms with E-state index in [1.54, 1.807) is 4.90 Å². The van der Waals surface area contributed by atoms with Gasteiger partial charge in [0.15, 0.2) is 0 Å². The molecule has 0 radical (unpaired) electrons. The average Bonchev–Trinajstić information content (AvgIpc) is 3.04. The van der Waals surface area contributed by atoms with E-state index in [-0.39, 0.29) is 24.1 Å². The highest BCUT2D eigenvalue weighted by Gasteiger charge is 2.39. The van der Waals surface area contributed by atoms with Gasteiger partial charge in [0.2, 0.25) is 11.8 Å². The second-order valence-electron chi connectivity index (χ2n) is 8.37. The van der Waals surface area contributed by atoms with Crippen LogP contribution in [0.4, 0.5) is 0 Å². The molecule has 0 aromatic heterocycles. The lowest BCUT2D eigenvalue weighted by Gasteiger charge is -2.34. The van der Waals surface area contributed by atoms with Gasteiger partial charge in [0.1, 0.15) is 6.04 Å². The Bertz CT molecular complexity index is 809. The van der Waals surface area contributed by atoms with Gasteiger partial charge >= 0.3 is 0 Å². The Balaban J connectivity index is 1.47. The van der Waals surface area contributed by atoms with E-state index in [4.69, 9.17) is 0 Å². The molecule has 2 atom stereocenters. The van der Waals surface area contributed by atoms with E-state index in [1.807, 2.05) is 12.1 Å². The fourth-order valence-corrected chi connectivity index (χ4v) is 4.72. The highest BCUT2D eigenvalue weighted by Crippen LogP contribution is 2.30. The molecule has 3 aliphatic rings. The first-order valence-electron chi connectivity index (χ1n) is 10.8. The van der Waals surface area contributed by atoms with Crippen molar-refractivity contribution in [3.05, 3.63) is 34.9 Å². The lowest BCUT2D eigenvalue weighted by Crippen LogP contribution is -2.52. The molecule has 3 aliphatic heterocycles. The van der Waals surface area contributed by atoms with Gasteiger partial charge in [-0.1, -0.05) is 31.9 Å². The molecular formula is C22H30N4O3. The maximum absolute atomic E-state index is 13.0. The zero-order valence-corrected chi connectivity index (χ0v) is 17.1. The van der Waals surface area contributed by atoms with Gasteiger partial charge in [-0.3, -0.25) is 24.6 Å². The first kappa shape index (κ1) is 20.0. The minimum atomic E-state index is -0.557. The Labute approximate surface area is 171 Å². The zero-order chi connectivity index (χ0) is 20.4. The Morgan fingerprint density at radius 2 is 2.07 bits per heavy atom. The number of unbranched alkanes of at least 4 members (excludes halogenated alkanes) is 1. The number of imide groups is 1. The molecule has 0 spiro atoms. The summed E-state index contributed by atoms with van der Waals surface area (Å²) in [5.41, 5.74) is 2.90. The van der Waals surface area contributed by atoms with Crippen LogP contribution in [0.1, 0.15) is 60.5 Å². The molecule has 2 N–H and O–H groups in total. The third-order valence-corrected chi connectivity index (χ3v) is 6.32. The Morgan fingerprint density at radius 3 is 2.86 bits per heavy atom. The molecule has 0 aliphatic carbocycles. The van der Waals surface area contributed by atoms with Gasteiger partial charge in [0.25, 0.3) is 5.91 Å². The summed E-state index contributed by atoms with van der Waals surface area (Å²) in [4.78, 5) is 40.8. The number of amides is 3. The summed E-state index contributed by atoms with van der Waals surface area (Å²) in [6.07, 6.45) is 4.33. The first-order chi connectivity index (χ1) is 14.1. The second-order valence-corrected chi connectivity index (χ2v) is 8.37. The van der Waals surface area contributed by atoms with Crippen LogP contribution < -0.4 is 10.6 Å². The van der Waals surface area contributed by atoms with Gasteiger partial charge in [-0.2, -0.15) is 0 Å². The third kappa shape index (κ3) is 4.21. The molecule has 7 nitrogen and oxygen atoms in total. The molecule has 156 valence electrons.